The minimum Gasteiger partial charge on any atom is -0.871 e. The van der Waals surface area contributed by atoms with Crippen molar-refractivity contribution in [1.82, 2.24) is 0 Å². The van der Waals surface area contributed by atoms with E-state index < -0.39 is 43.0 Å². The Morgan fingerprint density at radius 2 is 1.32 bits per heavy atom. The van der Waals surface area contributed by atoms with Crippen molar-refractivity contribution < 1.29 is 41.0 Å². The zero-order chi connectivity index (χ0) is 14.8. The molecule has 0 heterocycles. The van der Waals surface area contributed by atoms with Gasteiger partial charge in [0.1, 0.15) is 0 Å². The molecule has 0 radical (unpaired) electrons. The summed E-state index contributed by atoms with van der Waals surface area (Å²) in [6.45, 7) is -0.926. The lowest BCUT2D eigenvalue weighted by molar-refractivity contribution is -0.382. The van der Waals surface area contributed by atoms with E-state index in [1.807, 2.05) is 0 Å². The molecule has 3 nitrogen and oxygen atoms in total. The van der Waals surface area contributed by atoms with Gasteiger partial charge in [0.2, 0.25) is 0 Å². The van der Waals surface area contributed by atoms with E-state index >= 15 is 0 Å². The first-order valence-corrected chi connectivity index (χ1v) is 4.72. The number of halogens is 6. The van der Waals surface area contributed by atoms with Crippen molar-refractivity contribution in [3.8, 4) is 0 Å². The van der Waals surface area contributed by atoms with Gasteiger partial charge in [0.15, 0.2) is 0 Å². The van der Waals surface area contributed by atoms with Gasteiger partial charge in [0.25, 0.3) is 0 Å². The molecule has 0 aliphatic carbocycles. The lowest BCUT2D eigenvalue weighted by atomic mass is 10.0. The molecule has 0 unspecified atom stereocenters. The van der Waals surface area contributed by atoms with E-state index in [1.165, 1.54) is 0 Å². The Bertz CT molecular complexity index is 410. The summed E-state index contributed by atoms with van der Waals surface area (Å²) >= 11 is 0. The molecule has 0 atom stereocenters. The van der Waals surface area contributed by atoms with Crippen LogP contribution in [0.3, 0.4) is 0 Å². The lowest BCUT2D eigenvalue weighted by Crippen LogP contribution is -2.47. The first-order chi connectivity index (χ1) is 8.50. The van der Waals surface area contributed by atoms with E-state index in [2.05, 4.69) is 4.65 Å². The fraction of sp³-hybridized carbons (Fsp3) is 0.333. The van der Waals surface area contributed by atoms with Crippen LogP contribution in [-0.2, 0) is 23.6 Å². The summed E-state index contributed by atoms with van der Waals surface area (Å²) in [5.74, 6) is 0. The van der Waals surface area contributed by atoms with Gasteiger partial charge in [0.05, 0.1) is 25.1 Å². The molecule has 0 saturated heterocycles. The number of benzene rings is 1. The maximum absolute atomic E-state index is 12.4. The van der Waals surface area contributed by atoms with Crippen molar-refractivity contribution in [2.24, 2.45) is 0 Å². The highest BCUT2D eigenvalue weighted by molar-refractivity contribution is 6.28. The second kappa shape index (κ2) is 5.39. The zero-order valence-corrected chi connectivity index (χ0v) is 9.01. The third kappa shape index (κ3) is 4.73. The number of hydrogen-bond donors (Lipinski definition) is 0. The fourth-order valence-corrected chi connectivity index (χ4v) is 1.27. The van der Waals surface area contributed by atoms with Crippen LogP contribution in [0.5, 0.6) is 0 Å². The Hall–Kier alpha value is -1.26. The topological polar surface area (TPSA) is 55.3 Å². The van der Waals surface area contributed by atoms with E-state index in [4.69, 9.17) is 0 Å². The minimum atomic E-state index is -4.98. The predicted octanol–water partition coefficient (Wildman–Crippen LogP) is 0.946. The van der Waals surface area contributed by atoms with Gasteiger partial charge in [-0.3, -0.25) is 0 Å². The summed E-state index contributed by atoms with van der Waals surface area (Å²) in [5, 5.41) is 20.1. The Balaban J connectivity index is 3.17. The summed E-state index contributed by atoms with van der Waals surface area (Å²) in [7, 11) is -2.79. The molecule has 19 heavy (non-hydrogen) atoms. The quantitative estimate of drug-likeness (QED) is 0.614. The molecule has 10 heteroatoms. The van der Waals surface area contributed by atoms with Crippen molar-refractivity contribution in [2.75, 3.05) is 0 Å². The molecule has 0 fully saturated rings. The van der Waals surface area contributed by atoms with E-state index in [-0.39, 0.29) is 6.07 Å². The predicted molar refractivity (Wildman–Crippen MR) is 47.0 cm³/mol. The molecule has 0 aromatic heterocycles. The second-order valence-corrected chi connectivity index (χ2v) is 3.51. The molecular weight excluding hydrogens is 281 g/mol. The average molecular weight is 286 g/mol. The van der Waals surface area contributed by atoms with Gasteiger partial charge in [-0.1, -0.05) is 0 Å². The average Bonchev–Trinajstić information content (AvgIpc) is 2.23. The first kappa shape index (κ1) is 15.8. The smallest absolute Gasteiger partial charge is 0.416 e. The Morgan fingerprint density at radius 3 is 1.63 bits per heavy atom. The highest BCUT2D eigenvalue weighted by Gasteiger charge is 2.36. The molecule has 0 bridgehead atoms. The summed E-state index contributed by atoms with van der Waals surface area (Å²) in [6.07, 6.45) is -9.96. The molecule has 1 rings (SSSR count). The van der Waals surface area contributed by atoms with Crippen LogP contribution in [0.4, 0.5) is 26.3 Å². The molecule has 0 aliphatic rings. The van der Waals surface area contributed by atoms with Gasteiger partial charge in [0, 0.05) is 0 Å². The molecule has 0 amide bonds. The van der Waals surface area contributed by atoms with Gasteiger partial charge in [-0.2, -0.15) is 26.3 Å². The lowest BCUT2D eigenvalue weighted by Gasteiger charge is -2.26. The zero-order valence-electron chi connectivity index (χ0n) is 9.01. The van der Waals surface area contributed by atoms with Crippen molar-refractivity contribution in [3.05, 3.63) is 34.9 Å². The van der Waals surface area contributed by atoms with E-state index in [9.17, 15) is 36.4 Å². The molecule has 106 valence electrons. The molecule has 0 aliphatic heterocycles. The maximum Gasteiger partial charge on any atom is 0.416 e. The van der Waals surface area contributed by atoms with E-state index in [1.54, 1.807) is 0 Å². The number of alkyl halides is 6. The SMILES string of the molecule is [O-]B([O-])OCc1cc(C(F)(F)F)cc(C(F)(F)F)c1. The van der Waals surface area contributed by atoms with Gasteiger partial charge in [-0.15, -0.1) is 0 Å². The third-order valence-electron chi connectivity index (χ3n) is 2.03. The van der Waals surface area contributed by atoms with Crippen molar-refractivity contribution >= 4 is 7.32 Å². The standard InChI is InChI=1S/C9H5BF6O3/c11-8(12,13)6-1-5(4-19-10(17)18)2-7(3-6)9(14,15)16/h1-3H,4H2/q-2. The van der Waals surface area contributed by atoms with Crippen LogP contribution in [0.25, 0.3) is 0 Å². The monoisotopic (exact) mass is 286 g/mol. The van der Waals surface area contributed by atoms with Crippen LogP contribution in [0.1, 0.15) is 16.7 Å². The minimum absolute atomic E-state index is 0.0601. The highest BCUT2D eigenvalue weighted by atomic mass is 19.4. The number of hydrogen-bond acceptors (Lipinski definition) is 3. The van der Waals surface area contributed by atoms with Crippen LogP contribution >= 0.6 is 0 Å². The Morgan fingerprint density at radius 1 is 0.895 bits per heavy atom. The Kier molecular flexibility index (Phi) is 4.48. The van der Waals surface area contributed by atoms with E-state index in [0.29, 0.717) is 12.1 Å². The third-order valence-corrected chi connectivity index (χ3v) is 2.03. The molecule has 0 saturated carbocycles. The number of rotatable bonds is 3. The van der Waals surface area contributed by atoms with Crippen LogP contribution in [0, 0.1) is 0 Å². The van der Waals surface area contributed by atoms with Crippen LogP contribution < -0.4 is 10.0 Å². The molecule has 1 aromatic carbocycles. The molecule has 1 aromatic rings. The summed E-state index contributed by atoms with van der Waals surface area (Å²) in [6, 6.07) is 0.713. The Labute approximate surface area is 103 Å². The normalized spacial score (nSPS) is 12.6. The molecule has 0 spiro atoms. The summed E-state index contributed by atoms with van der Waals surface area (Å²) in [5.41, 5.74) is -3.62. The molecular formula is C9H5BF6O3-2. The summed E-state index contributed by atoms with van der Waals surface area (Å²) < 4.78 is 78.3. The maximum atomic E-state index is 12.4. The second-order valence-electron chi connectivity index (χ2n) is 3.51. The van der Waals surface area contributed by atoms with Crippen LogP contribution in [0.15, 0.2) is 18.2 Å². The fourth-order valence-electron chi connectivity index (χ4n) is 1.27. The van der Waals surface area contributed by atoms with Gasteiger partial charge >= 0.3 is 12.4 Å². The van der Waals surface area contributed by atoms with Crippen molar-refractivity contribution in [2.45, 2.75) is 19.0 Å². The van der Waals surface area contributed by atoms with Gasteiger partial charge < -0.3 is 14.7 Å². The molecule has 0 N–H and O–H groups in total. The van der Waals surface area contributed by atoms with Crippen molar-refractivity contribution in [1.29, 1.82) is 0 Å². The van der Waals surface area contributed by atoms with E-state index in [0.717, 1.165) is 0 Å². The van der Waals surface area contributed by atoms with Crippen LogP contribution in [-0.4, -0.2) is 7.32 Å². The van der Waals surface area contributed by atoms with Gasteiger partial charge in [-0.25, -0.2) is 0 Å². The van der Waals surface area contributed by atoms with Crippen molar-refractivity contribution in [3.63, 3.8) is 0 Å². The highest BCUT2D eigenvalue weighted by Crippen LogP contribution is 2.36. The summed E-state index contributed by atoms with van der Waals surface area (Å²) in [4.78, 5) is 0. The first-order valence-electron chi connectivity index (χ1n) is 4.72. The van der Waals surface area contributed by atoms with Gasteiger partial charge in [-0.05, 0) is 23.8 Å². The van der Waals surface area contributed by atoms with Crippen LogP contribution in [0.2, 0.25) is 0 Å². The largest absolute Gasteiger partial charge is 0.871 e.